The third-order valence-corrected chi connectivity index (χ3v) is 5.99. The van der Waals surface area contributed by atoms with Gasteiger partial charge in [-0.3, -0.25) is 9.52 Å². The lowest BCUT2D eigenvalue weighted by Crippen LogP contribution is -2.45. The molecule has 0 aromatic heterocycles. The van der Waals surface area contributed by atoms with Crippen molar-refractivity contribution >= 4 is 33.2 Å². The molecule has 1 unspecified atom stereocenters. The van der Waals surface area contributed by atoms with Crippen LogP contribution >= 0.6 is 11.6 Å². The summed E-state index contributed by atoms with van der Waals surface area (Å²) in [6.07, 6.45) is 1.79. The van der Waals surface area contributed by atoms with Gasteiger partial charge in [0.15, 0.2) is 0 Å². The number of hydrogen-bond acceptors (Lipinski definition) is 4. The first-order valence-corrected chi connectivity index (χ1v) is 10.2. The molecule has 1 saturated heterocycles. The number of likely N-dealkylation sites (tertiary alicyclic amines) is 1. The second-order valence-corrected chi connectivity index (χ2v) is 8.35. The van der Waals surface area contributed by atoms with Gasteiger partial charge in [-0.25, -0.2) is 8.42 Å². The van der Waals surface area contributed by atoms with E-state index in [1.807, 2.05) is 0 Å². The van der Waals surface area contributed by atoms with Crippen LogP contribution in [0.2, 0.25) is 5.02 Å². The fourth-order valence-corrected chi connectivity index (χ4v) is 4.22. The first kappa shape index (κ1) is 18.7. The van der Waals surface area contributed by atoms with Crippen molar-refractivity contribution in [2.24, 2.45) is 5.73 Å². The number of rotatable bonds is 4. The van der Waals surface area contributed by atoms with Crippen molar-refractivity contribution in [1.82, 2.24) is 4.90 Å². The van der Waals surface area contributed by atoms with E-state index in [-0.39, 0.29) is 16.8 Å². The molecule has 2 aromatic rings. The van der Waals surface area contributed by atoms with Crippen LogP contribution in [0.25, 0.3) is 0 Å². The topological polar surface area (TPSA) is 92.5 Å². The number of nitrogens with one attached hydrogen (secondary N) is 1. The standard InChI is InChI=1S/C18H20ClN3O3S/c19-16-5-1-2-6-17(16)21-26(24,25)15-9-7-13(8-10-15)18(23)22-11-3-4-14(20)12-22/h1-2,5-10,14,21H,3-4,11-12,20H2. The molecule has 1 aliphatic rings. The minimum Gasteiger partial charge on any atom is -0.337 e. The summed E-state index contributed by atoms with van der Waals surface area (Å²) in [6, 6.07) is 12.4. The highest BCUT2D eigenvalue weighted by Crippen LogP contribution is 2.24. The van der Waals surface area contributed by atoms with Gasteiger partial charge >= 0.3 is 0 Å². The lowest BCUT2D eigenvalue weighted by Gasteiger charge is -2.30. The number of para-hydroxylation sites is 1. The van der Waals surface area contributed by atoms with E-state index in [1.165, 1.54) is 24.3 Å². The summed E-state index contributed by atoms with van der Waals surface area (Å²) < 4.78 is 27.4. The van der Waals surface area contributed by atoms with Gasteiger partial charge in [0.1, 0.15) is 0 Å². The summed E-state index contributed by atoms with van der Waals surface area (Å²) in [5.74, 6) is -0.136. The van der Waals surface area contributed by atoms with Gasteiger partial charge in [0.05, 0.1) is 15.6 Å². The van der Waals surface area contributed by atoms with Crippen LogP contribution in [0.4, 0.5) is 5.69 Å². The van der Waals surface area contributed by atoms with E-state index in [4.69, 9.17) is 17.3 Å². The van der Waals surface area contributed by atoms with E-state index in [9.17, 15) is 13.2 Å². The number of carbonyl (C=O) groups excluding carboxylic acids is 1. The maximum Gasteiger partial charge on any atom is 0.261 e. The minimum absolute atomic E-state index is 0.00725. The van der Waals surface area contributed by atoms with Crippen molar-refractivity contribution in [3.05, 3.63) is 59.1 Å². The van der Waals surface area contributed by atoms with Crippen LogP contribution in [0.1, 0.15) is 23.2 Å². The largest absolute Gasteiger partial charge is 0.337 e. The molecule has 0 spiro atoms. The maximum atomic E-state index is 12.5. The monoisotopic (exact) mass is 393 g/mol. The number of piperidine rings is 1. The quantitative estimate of drug-likeness (QED) is 0.835. The number of anilines is 1. The van der Waals surface area contributed by atoms with Gasteiger partial charge in [0, 0.05) is 24.7 Å². The summed E-state index contributed by atoms with van der Waals surface area (Å²) in [5, 5.41) is 0.310. The molecular formula is C18H20ClN3O3S. The molecule has 3 rings (SSSR count). The van der Waals surface area contributed by atoms with Crippen LogP contribution < -0.4 is 10.5 Å². The van der Waals surface area contributed by atoms with Crippen LogP contribution in [0.15, 0.2) is 53.4 Å². The second-order valence-electron chi connectivity index (χ2n) is 6.26. The normalized spacial score (nSPS) is 17.8. The third kappa shape index (κ3) is 4.17. The van der Waals surface area contributed by atoms with Gasteiger partial charge in [0.2, 0.25) is 0 Å². The Labute approximate surface area is 158 Å². The smallest absolute Gasteiger partial charge is 0.261 e. The maximum absolute atomic E-state index is 12.5. The molecule has 1 amide bonds. The van der Waals surface area contributed by atoms with Gasteiger partial charge < -0.3 is 10.6 Å². The zero-order valence-corrected chi connectivity index (χ0v) is 15.6. The molecular weight excluding hydrogens is 374 g/mol. The summed E-state index contributed by atoms with van der Waals surface area (Å²) in [6.45, 7) is 1.19. The number of halogens is 1. The van der Waals surface area contributed by atoms with Gasteiger partial charge in [-0.1, -0.05) is 23.7 Å². The number of benzene rings is 2. The highest BCUT2D eigenvalue weighted by Gasteiger charge is 2.23. The summed E-state index contributed by atoms with van der Waals surface area (Å²) in [5.41, 5.74) is 6.66. The van der Waals surface area contributed by atoms with Crippen LogP contribution in [-0.4, -0.2) is 38.4 Å². The van der Waals surface area contributed by atoms with E-state index < -0.39 is 10.0 Å². The molecule has 0 radical (unpaired) electrons. The Morgan fingerprint density at radius 2 is 1.85 bits per heavy atom. The Balaban J connectivity index is 1.76. The highest BCUT2D eigenvalue weighted by atomic mass is 35.5. The Hall–Kier alpha value is -2.09. The van der Waals surface area contributed by atoms with Crippen LogP contribution in [0.3, 0.4) is 0 Å². The second kappa shape index (κ2) is 7.65. The van der Waals surface area contributed by atoms with Crippen molar-refractivity contribution in [3.8, 4) is 0 Å². The minimum atomic E-state index is -3.79. The predicted octanol–water partition coefficient (Wildman–Crippen LogP) is 2.70. The van der Waals surface area contributed by atoms with E-state index in [1.54, 1.807) is 29.2 Å². The Bertz CT molecular complexity index is 900. The van der Waals surface area contributed by atoms with Crippen molar-refractivity contribution in [1.29, 1.82) is 0 Å². The zero-order chi connectivity index (χ0) is 18.7. The number of nitrogens with two attached hydrogens (primary N) is 1. The molecule has 0 bridgehead atoms. The van der Waals surface area contributed by atoms with Gasteiger partial charge in [-0.2, -0.15) is 0 Å². The van der Waals surface area contributed by atoms with Gasteiger partial charge in [-0.15, -0.1) is 0 Å². The number of carbonyl (C=O) groups is 1. The molecule has 1 aliphatic heterocycles. The van der Waals surface area contributed by atoms with E-state index >= 15 is 0 Å². The zero-order valence-electron chi connectivity index (χ0n) is 14.1. The first-order chi connectivity index (χ1) is 12.4. The molecule has 1 fully saturated rings. The molecule has 138 valence electrons. The van der Waals surface area contributed by atoms with E-state index in [0.29, 0.717) is 29.4 Å². The van der Waals surface area contributed by atoms with Gasteiger partial charge in [0.25, 0.3) is 15.9 Å². The predicted molar refractivity (Wildman–Crippen MR) is 102 cm³/mol. The number of sulfonamides is 1. The summed E-state index contributed by atoms with van der Waals surface area (Å²) in [7, 11) is -3.79. The molecule has 1 atom stereocenters. The Morgan fingerprint density at radius 3 is 2.50 bits per heavy atom. The van der Waals surface area contributed by atoms with Crippen molar-refractivity contribution in [2.75, 3.05) is 17.8 Å². The lowest BCUT2D eigenvalue weighted by atomic mass is 10.1. The Kier molecular flexibility index (Phi) is 5.50. The number of hydrogen-bond donors (Lipinski definition) is 2. The molecule has 3 N–H and O–H groups in total. The lowest BCUT2D eigenvalue weighted by molar-refractivity contribution is 0.0708. The van der Waals surface area contributed by atoms with Crippen molar-refractivity contribution < 1.29 is 13.2 Å². The molecule has 6 nitrogen and oxygen atoms in total. The average molecular weight is 394 g/mol. The molecule has 0 saturated carbocycles. The Morgan fingerprint density at radius 1 is 1.15 bits per heavy atom. The summed E-state index contributed by atoms with van der Waals surface area (Å²) >= 11 is 5.99. The fraction of sp³-hybridized carbons (Fsp3) is 0.278. The van der Waals surface area contributed by atoms with Crippen molar-refractivity contribution in [2.45, 2.75) is 23.8 Å². The third-order valence-electron chi connectivity index (χ3n) is 4.27. The SMILES string of the molecule is NC1CCCN(C(=O)c2ccc(S(=O)(=O)Nc3ccccc3Cl)cc2)C1. The number of amides is 1. The van der Waals surface area contributed by atoms with E-state index in [0.717, 1.165) is 12.8 Å². The van der Waals surface area contributed by atoms with Crippen LogP contribution in [-0.2, 0) is 10.0 Å². The fourth-order valence-electron chi connectivity index (χ4n) is 2.90. The molecule has 2 aromatic carbocycles. The first-order valence-electron chi connectivity index (χ1n) is 8.29. The molecule has 0 aliphatic carbocycles. The van der Waals surface area contributed by atoms with Crippen LogP contribution in [0, 0.1) is 0 Å². The summed E-state index contributed by atoms with van der Waals surface area (Å²) in [4.78, 5) is 14.3. The molecule has 26 heavy (non-hydrogen) atoms. The highest BCUT2D eigenvalue weighted by molar-refractivity contribution is 7.92. The average Bonchev–Trinajstić information content (AvgIpc) is 2.63. The molecule has 1 heterocycles. The van der Waals surface area contributed by atoms with E-state index in [2.05, 4.69) is 4.72 Å². The number of nitrogens with zero attached hydrogens (tertiary/aromatic N) is 1. The molecule has 8 heteroatoms. The van der Waals surface area contributed by atoms with Crippen molar-refractivity contribution in [3.63, 3.8) is 0 Å². The van der Waals surface area contributed by atoms with Gasteiger partial charge in [-0.05, 0) is 49.2 Å². The van der Waals surface area contributed by atoms with Crippen LogP contribution in [0.5, 0.6) is 0 Å².